The standard InChI is InChI=1S/4CH2O2.2Zn/c4*2-1-3;;/h4*1H,(H,2,3);;/q;;;;2*+2/p-4. The van der Waals surface area contributed by atoms with Crippen LogP contribution in [0.2, 0.25) is 0 Å². The summed E-state index contributed by atoms with van der Waals surface area (Å²) in [5, 5.41) is 33.0. The Hall–Kier alpha value is -0.873. The topological polar surface area (TPSA) is 161 Å². The van der Waals surface area contributed by atoms with Crippen LogP contribution in [0.25, 0.3) is 0 Å². The first-order valence-corrected chi connectivity index (χ1v) is 1.89. The minimum absolute atomic E-state index is 0. The van der Waals surface area contributed by atoms with Crippen LogP contribution in [0.4, 0.5) is 0 Å². The van der Waals surface area contributed by atoms with Gasteiger partial charge in [-0.15, -0.1) is 0 Å². The molecule has 0 unspecified atom stereocenters. The van der Waals surface area contributed by atoms with Crippen molar-refractivity contribution >= 4 is 25.9 Å². The maximum atomic E-state index is 8.25. The molecule has 0 aromatic rings. The third kappa shape index (κ3) is 1500. The Labute approximate surface area is 104 Å². The molecule has 0 aliphatic rings. The number of carbonyl (C=O) groups is 4. The van der Waals surface area contributed by atoms with Gasteiger partial charge >= 0.3 is 39.0 Å². The summed E-state index contributed by atoms with van der Waals surface area (Å²) in [4.78, 5) is 33.0. The third-order valence-electron chi connectivity index (χ3n) is 0. The zero-order valence-electron chi connectivity index (χ0n) is 6.99. The van der Waals surface area contributed by atoms with Crippen LogP contribution in [0.15, 0.2) is 0 Å². The van der Waals surface area contributed by atoms with Crippen molar-refractivity contribution in [2.24, 2.45) is 0 Å². The summed E-state index contributed by atoms with van der Waals surface area (Å²) in [6, 6.07) is 0. The minimum atomic E-state index is -0.500. The van der Waals surface area contributed by atoms with E-state index in [-0.39, 0.29) is 39.0 Å². The average Bonchev–Trinajstić information content (AvgIpc) is 1.92. The molecule has 8 nitrogen and oxygen atoms in total. The van der Waals surface area contributed by atoms with E-state index < -0.39 is 25.9 Å². The van der Waals surface area contributed by atoms with Gasteiger partial charge in [0.25, 0.3) is 0 Å². The first-order chi connectivity index (χ1) is 5.66. The molecular weight excluding hydrogens is 307 g/mol. The summed E-state index contributed by atoms with van der Waals surface area (Å²) < 4.78 is 0. The van der Waals surface area contributed by atoms with E-state index >= 15 is 0 Å². The molecule has 0 radical (unpaired) electrons. The molecule has 0 bridgehead atoms. The second-order valence-electron chi connectivity index (χ2n) is 0.385. The van der Waals surface area contributed by atoms with Gasteiger partial charge in [0.1, 0.15) is 0 Å². The van der Waals surface area contributed by atoms with Crippen molar-refractivity contribution in [3.63, 3.8) is 0 Å². The van der Waals surface area contributed by atoms with Gasteiger partial charge in [0.15, 0.2) is 0 Å². The largest absolute Gasteiger partial charge is 2.00 e. The fourth-order valence-corrected chi connectivity index (χ4v) is 0. The Morgan fingerprint density at radius 1 is 0.500 bits per heavy atom. The van der Waals surface area contributed by atoms with Gasteiger partial charge in [0, 0.05) is 25.9 Å². The molecule has 0 atom stereocenters. The maximum Gasteiger partial charge on any atom is 2.00 e. The van der Waals surface area contributed by atoms with E-state index in [2.05, 4.69) is 0 Å². The monoisotopic (exact) mass is 308 g/mol. The van der Waals surface area contributed by atoms with E-state index in [1.165, 1.54) is 0 Å². The van der Waals surface area contributed by atoms with Crippen molar-refractivity contribution in [3.05, 3.63) is 0 Å². The van der Waals surface area contributed by atoms with Crippen LogP contribution in [-0.4, -0.2) is 25.9 Å². The van der Waals surface area contributed by atoms with Crippen LogP contribution in [0.5, 0.6) is 0 Å². The molecule has 0 spiro atoms. The molecule has 0 aromatic heterocycles. The Balaban J connectivity index is -0.0000000145. The van der Waals surface area contributed by atoms with E-state index in [1.807, 2.05) is 0 Å². The quantitative estimate of drug-likeness (QED) is 0.315. The fourth-order valence-electron chi connectivity index (χ4n) is 0. The summed E-state index contributed by atoms with van der Waals surface area (Å²) in [5.41, 5.74) is 0. The first-order valence-electron chi connectivity index (χ1n) is 1.89. The molecule has 0 amide bonds. The van der Waals surface area contributed by atoms with Crippen LogP contribution < -0.4 is 20.4 Å². The summed E-state index contributed by atoms with van der Waals surface area (Å²) in [7, 11) is 0. The second-order valence-corrected chi connectivity index (χ2v) is 0.385. The van der Waals surface area contributed by atoms with Gasteiger partial charge in [-0.25, -0.2) is 0 Å². The van der Waals surface area contributed by atoms with E-state index in [0.29, 0.717) is 0 Å². The van der Waals surface area contributed by atoms with E-state index in [9.17, 15) is 0 Å². The summed E-state index contributed by atoms with van der Waals surface area (Å²) >= 11 is 0. The normalized spacial score (nSPS) is 3.43. The molecule has 0 aliphatic heterocycles. The Kier molecular flexibility index (Phi) is 417. The fraction of sp³-hybridized carbons (Fsp3) is 0. The van der Waals surface area contributed by atoms with Crippen molar-refractivity contribution in [1.82, 2.24) is 0 Å². The molecule has 0 saturated carbocycles. The Morgan fingerprint density at radius 3 is 0.500 bits per heavy atom. The SMILES string of the molecule is O=C[O-].O=C[O-].O=C[O-].O=C[O-].[Zn+2].[Zn+2]. The summed E-state index contributed by atoms with van der Waals surface area (Å²) in [5.74, 6) is 0. The van der Waals surface area contributed by atoms with Crippen LogP contribution in [-0.2, 0) is 58.1 Å². The second kappa shape index (κ2) is 154. The zero-order chi connectivity index (χ0) is 10.8. The van der Waals surface area contributed by atoms with Crippen molar-refractivity contribution in [1.29, 1.82) is 0 Å². The van der Waals surface area contributed by atoms with Crippen molar-refractivity contribution in [2.45, 2.75) is 0 Å². The molecule has 0 aromatic carbocycles. The van der Waals surface area contributed by atoms with Gasteiger partial charge in [-0.05, 0) is 0 Å². The van der Waals surface area contributed by atoms with Gasteiger partial charge in [0.05, 0.1) is 0 Å². The van der Waals surface area contributed by atoms with E-state index in [1.54, 1.807) is 0 Å². The molecule has 0 saturated heterocycles. The van der Waals surface area contributed by atoms with Crippen LogP contribution in [0, 0.1) is 0 Å². The molecule has 14 heavy (non-hydrogen) atoms. The first kappa shape index (κ1) is 38.0. The number of carbonyl (C=O) groups excluding carboxylic acids is 4. The third-order valence-corrected chi connectivity index (χ3v) is 0. The number of hydrogen-bond donors (Lipinski definition) is 0. The summed E-state index contributed by atoms with van der Waals surface area (Å²) in [6.07, 6.45) is 0. The minimum Gasteiger partial charge on any atom is -0.554 e. The Bertz CT molecular complexity index is 73.3. The smallest absolute Gasteiger partial charge is 0.554 e. The molecule has 0 aliphatic carbocycles. The zero-order valence-corrected chi connectivity index (χ0v) is 12.9. The van der Waals surface area contributed by atoms with Crippen molar-refractivity contribution in [3.8, 4) is 0 Å². The predicted octanol–water partition coefficient (Wildman–Crippen LogP) is -6.54. The Morgan fingerprint density at radius 2 is 0.500 bits per heavy atom. The van der Waals surface area contributed by atoms with Crippen LogP contribution >= 0.6 is 0 Å². The van der Waals surface area contributed by atoms with Gasteiger partial charge in [0.2, 0.25) is 0 Å². The molecule has 10 heteroatoms. The molecule has 0 heterocycles. The van der Waals surface area contributed by atoms with Gasteiger partial charge in [-0.1, -0.05) is 0 Å². The van der Waals surface area contributed by atoms with Crippen molar-refractivity contribution in [2.75, 3.05) is 0 Å². The van der Waals surface area contributed by atoms with Crippen LogP contribution in [0.3, 0.4) is 0 Å². The van der Waals surface area contributed by atoms with E-state index in [0.717, 1.165) is 0 Å². The van der Waals surface area contributed by atoms with Crippen LogP contribution in [0.1, 0.15) is 0 Å². The molecule has 0 fully saturated rings. The van der Waals surface area contributed by atoms with Crippen molar-refractivity contribution < 1.29 is 78.6 Å². The average molecular weight is 311 g/mol. The molecule has 0 N–H and O–H groups in total. The maximum absolute atomic E-state index is 8.25. The van der Waals surface area contributed by atoms with Gasteiger partial charge < -0.3 is 39.6 Å². The summed E-state index contributed by atoms with van der Waals surface area (Å²) in [6.45, 7) is -2.00. The number of rotatable bonds is 0. The molecular formula is C4H4O8Zn2. The number of hydrogen-bond acceptors (Lipinski definition) is 8. The predicted molar refractivity (Wildman–Crippen MR) is 24.3 cm³/mol. The van der Waals surface area contributed by atoms with E-state index in [4.69, 9.17) is 39.6 Å². The van der Waals surface area contributed by atoms with Gasteiger partial charge in [-0.2, -0.15) is 0 Å². The van der Waals surface area contributed by atoms with Gasteiger partial charge in [-0.3, -0.25) is 0 Å². The molecule has 0 rings (SSSR count). The number of carboxylic acid groups (broad SMARTS) is 4. The molecule has 72 valence electrons.